The van der Waals surface area contributed by atoms with Gasteiger partial charge in [-0.1, -0.05) is 25.1 Å². The Morgan fingerprint density at radius 1 is 0.969 bits per heavy atom. The van der Waals surface area contributed by atoms with E-state index < -0.39 is 39.2 Å². The van der Waals surface area contributed by atoms with Crippen molar-refractivity contribution in [3.63, 3.8) is 0 Å². The molecule has 0 amide bonds. The summed E-state index contributed by atoms with van der Waals surface area (Å²) in [7, 11) is -4.24. The van der Waals surface area contributed by atoms with Crippen molar-refractivity contribution in [3.8, 4) is 0 Å². The third-order valence-corrected chi connectivity index (χ3v) is 6.46. The Morgan fingerprint density at radius 3 is 2.44 bits per heavy atom. The number of rotatable bonds is 4. The number of nitrogens with one attached hydrogen (secondary N) is 2. The summed E-state index contributed by atoms with van der Waals surface area (Å²) in [5.74, 6) is -3.80. The van der Waals surface area contributed by atoms with Crippen LogP contribution in [0.3, 0.4) is 0 Å². The van der Waals surface area contributed by atoms with Gasteiger partial charge in [0.1, 0.15) is 28.2 Å². The third-order valence-electron chi connectivity index (χ3n) is 5.15. The molecule has 1 heterocycles. The average Bonchev–Trinajstić information content (AvgIpc) is 2.73. The summed E-state index contributed by atoms with van der Waals surface area (Å²) in [6, 6.07) is 10.7. The number of guanidine groups is 1. The molecule has 1 aliphatic heterocycles. The molecular formula is C22H17F4N3O2S. The van der Waals surface area contributed by atoms with Crippen LogP contribution < -0.4 is 10.6 Å². The fourth-order valence-electron chi connectivity index (χ4n) is 3.57. The Labute approximate surface area is 181 Å². The molecule has 166 valence electrons. The van der Waals surface area contributed by atoms with Crippen LogP contribution in [-0.4, -0.2) is 14.4 Å². The lowest BCUT2D eigenvalue weighted by atomic mass is 9.91. The molecule has 3 aromatic carbocycles. The van der Waals surface area contributed by atoms with Gasteiger partial charge in [-0.2, -0.15) is 8.42 Å². The first kappa shape index (κ1) is 21.8. The van der Waals surface area contributed by atoms with Gasteiger partial charge >= 0.3 is 0 Å². The molecule has 1 aliphatic rings. The molecule has 0 fully saturated rings. The van der Waals surface area contributed by atoms with Gasteiger partial charge in [-0.05, 0) is 42.0 Å². The van der Waals surface area contributed by atoms with Gasteiger partial charge in [0.2, 0.25) is 5.96 Å². The number of sulfonamides is 1. The van der Waals surface area contributed by atoms with E-state index in [0.29, 0.717) is 0 Å². The smallest absolute Gasteiger partial charge is 0.287 e. The molecule has 0 saturated heterocycles. The lowest BCUT2D eigenvalue weighted by molar-refractivity contribution is 0.578. The minimum absolute atomic E-state index is 0.0584. The van der Waals surface area contributed by atoms with Crippen LogP contribution in [0.2, 0.25) is 0 Å². The predicted octanol–water partition coefficient (Wildman–Crippen LogP) is 4.65. The van der Waals surface area contributed by atoms with Gasteiger partial charge in [-0.25, -0.2) is 17.6 Å². The first-order chi connectivity index (χ1) is 15.2. The lowest BCUT2D eigenvalue weighted by Gasteiger charge is -2.25. The molecule has 2 N–H and O–H groups in total. The highest BCUT2D eigenvalue weighted by Crippen LogP contribution is 2.39. The first-order valence-electron chi connectivity index (χ1n) is 9.54. The summed E-state index contributed by atoms with van der Waals surface area (Å²) < 4.78 is 85.5. The predicted molar refractivity (Wildman–Crippen MR) is 112 cm³/mol. The second kappa shape index (κ2) is 8.27. The van der Waals surface area contributed by atoms with Crippen LogP contribution in [0.15, 0.2) is 63.9 Å². The Kier molecular flexibility index (Phi) is 5.64. The van der Waals surface area contributed by atoms with Crippen molar-refractivity contribution in [1.82, 2.24) is 5.32 Å². The van der Waals surface area contributed by atoms with Crippen molar-refractivity contribution in [1.29, 1.82) is 0 Å². The maximum Gasteiger partial charge on any atom is 0.287 e. The third kappa shape index (κ3) is 4.05. The molecule has 0 aliphatic carbocycles. The Hall–Kier alpha value is -3.40. The van der Waals surface area contributed by atoms with Gasteiger partial charge in [-0.15, -0.1) is 4.40 Å². The summed E-state index contributed by atoms with van der Waals surface area (Å²) in [6.45, 7) is 1.26. The van der Waals surface area contributed by atoms with Crippen molar-refractivity contribution >= 4 is 21.7 Å². The average molecular weight is 463 g/mol. The number of benzene rings is 3. The number of fused-ring (bicyclic) bond motifs is 1. The summed E-state index contributed by atoms with van der Waals surface area (Å²) >= 11 is 0. The molecule has 3 aromatic rings. The molecule has 0 radical (unpaired) electrons. The van der Waals surface area contributed by atoms with E-state index in [9.17, 15) is 26.0 Å². The Bertz CT molecular complexity index is 1340. The van der Waals surface area contributed by atoms with E-state index in [-0.39, 0.29) is 39.8 Å². The Balaban J connectivity index is 1.72. The molecule has 32 heavy (non-hydrogen) atoms. The summed E-state index contributed by atoms with van der Waals surface area (Å²) in [6.07, 6.45) is 0. The van der Waals surface area contributed by atoms with Crippen molar-refractivity contribution in [2.24, 2.45) is 4.40 Å². The molecule has 5 nitrogen and oxygen atoms in total. The minimum Gasteiger partial charge on any atom is -0.351 e. The fourth-order valence-corrected chi connectivity index (χ4v) is 4.68. The van der Waals surface area contributed by atoms with Crippen molar-refractivity contribution in [2.75, 3.05) is 5.32 Å². The molecular weight excluding hydrogens is 446 g/mol. The molecule has 1 atom stereocenters. The molecule has 0 bridgehead atoms. The zero-order valence-electron chi connectivity index (χ0n) is 16.7. The van der Waals surface area contributed by atoms with Crippen LogP contribution in [0.5, 0.6) is 0 Å². The van der Waals surface area contributed by atoms with Crippen molar-refractivity contribution in [3.05, 3.63) is 94.6 Å². The number of anilines is 1. The topological polar surface area (TPSA) is 70.6 Å². The first-order valence-corrected chi connectivity index (χ1v) is 11.0. The van der Waals surface area contributed by atoms with E-state index in [1.54, 1.807) is 13.0 Å². The van der Waals surface area contributed by atoms with Crippen LogP contribution in [0.1, 0.15) is 29.5 Å². The quantitative estimate of drug-likeness (QED) is 0.553. The lowest BCUT2D eigenvalue weighted by Crippen LogP contribution is -2.35. The molecule has 0 aromatic heterocycles. The van der Waals surface area contributed by atoms with Crippen LogP contribution >= 0.6 is 0 Å². The van der Waals surface area contributed by atoms with Crippen LogP contribution in [-0.2, 0) is 16.6 Å². The van der Waals surface area contributed by atoms with Gasteiger partial charge in [0.25, 0.3) is 10.0 Å². The van der Waals surface area contributed by atoms with Gasteiger partial charge in [0, 0.05) is 23.6 Å². The van der Waals surface area contributed by atoms with Gasteiger partial charge in [-0.3, -0.25) is 0 Å². The largest absolute Gasteiger partial charge is 0.351 e. The molecule has 4 rings (SSSR count). The van der Waals surface area contributed by atoms with Crippen LogP contribution in [0.4, 0.5) is 23.2 Å². The van der Waals surface area contributed by atoms with E-state index in [4.69, 9.17) is 0 Å². The number of hydrogen-bond acceptors (Lipinski definition) is 4. The monoisotopic (exact) mass is 463 g/mol. The van der Waals surface area contributed by atoms with E-state index in [1.165, 1.54) is 18.2 Å². The SMILES string of the molecule is C[C@H](c1ccccc1F)c1c(F)ccc2c1NC(NCc1cc(F)ccc1F)=NS2(=O)=O. The van der Waals surface area contributed by atoms with Crippen LogP contribution in [0, 0.1) is 23.3 Å². The van der Waals surface area contributed by atoms with Crippen molar-refractivity contribution in [2.45, 2.75) is 24.3 Å². The molecule has 10 heteroatoms. The normalized spacial score (nSPS) is 15.3. The second-order valence-electron chi connectivity index (χ2n) is 7.21. The van der Waals surface area contributed by atoms with Gasteiger partial charge in [0.05, 0.1) is 5.69 Å². The zero-order chi connectivity index (χ0) is 23.0. The summed E-state index contributed by atoms with van der Waals surface area (Å²) in [5, 5.41) is 5.31. The van der Waals surface area contributed by atoms with Crippen molar-refractivity contribution < 1.29 is 26.0 Å². The maximum absolute atomic E-state index is 14.9. The number of nitrogens with zero attached hydrogens (tertiary/aromatic N) is 1. The molecule has 0 unspecified atom stereocenters. The highest BCUT2D eigenvalue weighted by Gasteiger charge is 2.31. The summed E-state index contributed by atoms with van der Waals surface area (Å²) in [4.78, 5) is -0.278. The Morgan fingerprint density at radius 2 is 1.69 bits per heavy atom. The standard InChI is InChI=1S/C22H17F4N3O2S/c1-12(15-4-2-3-5-17(15)25)20-18(26)8-9-19-21(20)28-22(29-32(19,30)31)27-11-13-10-14(23)6-7-16(13)24/h2-10,12H,11H2,1H3,(H2,27,28,29)/t12-/m1/s1. The van der Waals surface area contributed by atoms with E-state index in [0.717, 1.165) is 30.3 Å². The molecule has 0 spiro atoms. The minimum atomic E-state index is -4.24. The number of halogens is 4. The number of hydrogen-bond donors (Lipinski definition) is 2. The molecule has 0 saturated carbocycles. The zero-order valence-corrected chi connectivity index (χ0v) is 17.5. The highest BCUT2D eigenvalue weighted by molar-refractivity contribution is 7.90. The van der Waals surface area contributed by atoms with Crippen LogP contribution in [0.25, 0.3) is 0 Å². The second-order valence-corrected chi connectivity index (χ2v) is 8.78. The summed E-state index contributed by atoms with van der Waals surface area (Å²) in [5.41, 5.74) is -0.0463. The van der Waals surface area contributed by atoms with E-state index in [2.05, 4.69) is 15.0 Å². The van der Waals surface area contributed by atoms with Gasteiger partial charge < -0.3 is 10.6 Å². The maximum atomic E-state index is 14.9. The fraction of sp³-hybridized carbons (Fsp3) is 0.136. The highest BCUT2D eigenvalue weighted by atomic mass is 32.2. The van der Waals surface area contributed by atoms with E-state index >= 15 is 0 Å². The van der Waals surface area contributed by atoms with Gasteiger partial charge in [0.15, 0.2) is 0 Å². The van der Waals surface area contributed by atoms with E-state index in [1.807, 2.05) is 0 Å².